The zero-order valence-electron chi connectivity index (χ0n) is 9.47. The fraction of sp³-hybridized carbons (Fsp3) is 0.0769. The quantitative estimate of drug-likeness (QED) is 0.773. The van der Waals surface area contributed by atoms with E-state index in [1.165, 1.54) is 0 Å². The molecule has 1 aromatic heterocycles. The minimum Gasteiger partial charge on any atom is -0.399 e. The van der Waals surface area contributed by atoms with Gasteiger partial charge in [-0.1, -0.05) is 12.1 Å². The Kier molecular flexibility index (Phi) is 3.05. The van der Waals surface area contributed by atoms with Crippen LogP contribution in [-0.2, 0) is 0 Å². The van der Waals surface area contributed by atoms with Gasteiger partial charge in [-0.3, -0.25) is 9.78 Å². The molecule has 3 N–H and O–H groups in total. The molecule has 2 aromatic rings. The molecule has 4 nitrogen and oxygen atoms in total. The number of nitrogens with zero attached hydrogens (tertiary/aromatic N) is 1. The number of aromatic nitrogens is 1. The molecule has 0 aliphatic heterocycles. The third-order valence-electron chi connectivity index (χ3n) is 2.37. The number of carbonyl (C=O) groups excluding carboxylic acids is 1. The molecule has 2 rings (SSSR count). The van der Waals surface area contributed by atoms with E-state index in [2.05, 4.69) is 10.3 Å². The van der Waals surface area contributed by atoms with Gasteiger partial charge in [0.1, 0.15) is 5.69 Å². The predicted octanol–water partition coefficient (Wildman–Crippen LogP) is 2.22. The van der Waals surface area contributed by atoms with Gasteiger partial charge in [0.05, 0.1) is 0 Å². The van der Waals surface area contributed by atoms with Crippen molar-refractivity contribution < 1.29 is 4.79 Å². The van der Waals surface area contributed by atoms with Gasteiger partial charge >= 0.3 is 0 Å². The van der Waals surface area contributed by atoms with Gasteiger partial charge in [0.2, 0.25) is 0 Å². The molecule has 86 valence electrons. The second-order valence-corrected chi connectivity index (χ2v) is 3.75. The average molecular weight is 227 g/mol. The average Bonchev–Trinajstić information content (AvgIpc) is 2.29. The molecule has 0 fully saturated rings. The fourth-order valence-corrected chi connectivity index (χ4v) is 1.53. The van der Waals surface area contributed by atoms with Crippen LogP contribution in [0.5, 0.6) is 0 Å². The van der Waals surface area contributed by atoms with Crippen molar-refractivity contribution in [3.05, 3.63) is 53.9 Å². The minimum atomic E-state index is -0.228. The summed E-state index contributed by atoms with van der Waals surface area (Å²) in [7, 11) is 0. The zero-order chi connectivity index (χ0) is 12.3. The van der Waals surface area contributed by atoms with Crippen molar-refractivity contribution >= 4 is 17.3 Å². The molecule has 0 atom stereocenters. The van der Waals surface area contributed by atoms with Crippen LogP contribution < -0.4 is 11.1 Å². The van der Waals surface area contributed by atoms with Gasteiger partial charge < -0.3 is 11.1 Å². The molecule has 0 aliphatic rings. The standard InChI is InChI=1S/C13H13N3O/c1-9-4-3-7-15-12(9)13(17)16-11-6-2-5-10(14)8-11/h2-8H,14H2,1H3,(H,16,17). The van der Waals surface area contributed by atoms with E-state index in [0.29, 0.717) is 17.1 Å². The van der Waals surface area contributed by atoms with Crippen LogP contribution in [0.4, 0.5) is 11.4 Å². The molecule has 0 unspecified atom stereocenters. The first-order valence-corrected chi connectivity index (χ1v) is 5.25. The Balaban J connectivity index is 2.20. The molecular formula is C13H13N3O. The van der Waals surface area contributed by atoms with E-state index in [4.69, 9.17) is 5.73 Å². The maximum Gasteiger partial charge on any atom is 0.274 e. The van der Waals surface area contributed by atoms with Gasteiger partial charge in [-0.2, -0.15) is 0 Å². The van der Waals surface area contributed by atoms with E-state index < -0.39 is 0 Å². The van der Waals surface area contributed by atoms with Crippen LogP contribution >= 0.6 is 0 Å². The number of rotatable bonds is 2. The van der Waals surface area contributed by atoms with Gasteiger partial charge in [-0.15, -0.1) is 0 Å². The van der Waals surface area contributed by atoms with Crippen LogP contribution in [0.25, 0.3) is 0 Å². The maximum atomic E-state index is 11.9. The largest absolute Gasteiger partial charge is 0.399 e. The van der Waals surface area contributed by atoms with Crippen molar-refractivity contribution in [2.75, 3.05) is 11.1 Å². The van der Waals surface area contributed by atoms with E-state index in [1.54, 1.807) is 36.5 Å². The third kappa shape index (κ3) is 2.60. The Morgan fingerprint density at radius 1 is 1.29 bits per heavy atom. The predicted molar refractivity (Wildman–Crippen MR) is 67.8 cm³/mol. The van der Waals surface area contributed by atoms with Gasteiger partial charge in [-0.05, 0) is 36.8 Å². The Hall–Kier alpha value is -2.36. The summed E-state index contributed by atoms with van der Waals surface area (Å²) in [6, 6.07) is 10.7. The van der Waals surface area contributed by atoms with Crippen LogP contribution in [0.1, 0.15) is 16.1 Å². The van der Waals surface area contributed by atoms with Crippen LogP contribution in [-0.4, -0.2) is 10.9 Å². The first-order chi connectivity index (χ1) is 8.16. The highest BCUT2D eigenvalue weighted by Crippen LogP contribution is 2.13. The summed E-state index contributed by atoms with van der Waals surface area (Å²) in [6.45, 7) is 1.85. The maximum absolute atomic E-state index is 11.9. The van der Waals surface area contributed by atoms with Crippen molar-refractivity contribution in [1.29, 1.82) is 0 Å². The first kappa shape index (κ1) is 11.1. The number of anilines is 2. The molecule has 0 spiro atoms. The molecule has 4 heteroatoms. The number of carbonyl (C=O) groups is 1. The zero-order valence-corrected chi connectivity index (χ0v) is 9.47. The fourth-order valence-electron chi connectivity index (χ4n) is 1.53. The summed E-state index contributed by atoms with van der Waals surface area (Å²) in [4.78, 5) is 16.0. The highest BCUT2D eigenvalue weighted by molar-refractivity contribution is 6.03. The van der Waals surface area contributed by atoms with Crippen molar-refractivity contribution in [1.82, 2.24) is 4.98 Å². The van der Waals surface area contributed by atoms with E-state index >= 15 is 0 Å². The van der Waals surface area contributed by atoms with Crippen LogP contribution in [0.3, 0.4) is 0 Å². The molecule has 0 saturated carbocycles. The number of amides is 1. The number of benzene rings is 1. The smallest absolute Gasteiger partial charge is 0.274 e. The topological polar surface area (TPSA) is 68.0 Å². The molecule has 0 aliphatic carbocycles. The third-order valence-corrected chi connectivity index (χ3v) is 2.37. The lowest BCUT2D eigenvalue weighted by Crippen LogP contribution is -2.15. The Labute approximate surface area is 99.5 Å². The highest BCUT2D eigenvalue weighted by atomic mass is 16.1. The normalized spacial score (nSPS) is 9.94. The Morgan fingerprint density at radius 2 is 2.12 bits per heavy atom. The summed E-state index contributed by atoms with van der Waals surface area (Å²) in [5.41, 5.74) is 8.18. The molecule has 1 heterocycles. The number of nitrogens with two attached hydrogens (primary N) is 1. The highest BCUT2D eigenvalue weighted by Gasteiger charge is 2.09. The molecule has 1 amide bonds. The second kappa shape index (κ2) is 4.65. The van der Waals surface area contributed by atoms with Crippen molar-refractivity contribution in [2.24, 2.45) is 0 Å². The van der Waals surface area contributed by atoms with Gasteiger partial charge in [0.15, 0.2) is 0 Å². The van der Waals surface area contributed by atoms with Crippen LogP contribution in [0.2, 0.25) is 0 Å². The summed E-state index contributed by atoms with van der Waals surface area (Å²) in [5, 5.41) is 2.76. The van der Waals surface area contributed by atoms with Gasteiger partial charge in [-0.25, -0.2) is 0 Å². The lowest BCUT2D eigenvalue weighted by Gasteiger charge is -2.06. The van der Waals surface area contributed by atoms with Crippen molar-refractivity contribution in [3.8, 4) is 0 Å². The SMILES string of the molecule is Cc1cccnc1C(=O)Nc1cccc(N)c1. The summed E-state index contributed by atoms with van der Waals surface area (Å²) >= 11 is 0. The molecular weight excluding hydrogens is 214 g/mol. The summed E-state index contributed by atoms with van der Waals surface area (Å²) in [5.74, 6) is -0.228. The monoisotopic (exact) mass is 227 g/mol. The number of nitrogen functional groups attached to an aromatic ring is 1. The lowest BCUT2D eigenvalue weighted by molar-refractivity contribution is 0.102. The first-order valence-electron chi connectivity index (χ1n) is 5.25. The van der Waals surface area contributed by atoms with E-state index in [-0.39, 0.29) is 5.91 Å². The Bertz CT molecular complexity index is 552. The van der Waals surface area contributed by atoms with Crippen LogP contribution in [0.15, 0.2) is 42.6 Å². The lowest BCUT2D eigenvalue weighted by atomic mass is 10.2. The molecule has 0 bridgehead atoms. The molecule has 0 radical (unpaired) electrons. The summed E-state index contributed by atoms with van der Waals surface area (Å²) < 4.78 is 0. The second-order valence-electron chi connectivity index (χ2n) is 3.75. The minimum absolute atomic E-state index is 0.228. The molecule has 17 heavy (non-hydrogen) atoms. The van der Waals surface area contributed by atoms with E-state index in [9.17, 15) is 4.79 Å². The Morgan fingerprint density at radius 3 is 2.82 bits per heavy atom. The van der Waals surface area contributed by atoms with Crippen molar-refractivity contribution in [3.63, 3.8) is 0 Å². The number of pyridine rings is 1. The molecule has 1 aromatic carbocycles. The van der Waals surface area contributed by atoms with Gasteiger partial charge in [0.25, 0.3) is 5.91 Å². The molecule has 0 saturated heterocycles. The van der Waals surface area contributed by atoms with Crippen LogP contribution in [0, 0.1) is 6.92 Å². The number of hydrogen-bond donors (Lipinski definition) is 2. The van der Waals surface area contributed by atoms with Gasteiger partial charge in [0, 0.05) is 17.6 Å². The van der Waals surface area contributed by atoms with Crippen molar-refractivity contribution in [2.45, 2.75) is 6.92 Å². The van der Waals surface area contributed by atoms with E-state index in [1.807, 2.05) is 13.0 Å². The number of hydrogen-bond acceptors (Lipinski definition) is 3. The summed E-state index contributed by atoms with van der Waals surface area (Å²) in [6.07, 6.45) is 1.60. The van der Waals surface area contributed by atoms with E-state index in [0.717, 1.165) is 5.56 Å². The number of aryl methyl sites for hydroxylation is 1. The number of nitrogens with one attached hydrogen (secondary N) is 1.